The predicted octanol–water partition coefficient (Wildman–Crippen LogP) is 2.82. The van der Waals surface area contributed by atoms with Crippen molar-refractivity contribution in [1.82, 2.24) is 5.32 Å². The Labute approximate surface area is 115 Å². The third kappa shape index (κ3) is 3.69. The van der Waals surface area contributed by atoms with Gasteiger partial charge >= 0.3 is 0 Å². The molecule has 0 aliphatic carbocycles. The van der Waals surface area contributed by atoms with Crippen LogP contribution < -0.4 is 11.1 Å². The third-order valence-corrected chi connectivity index (χ3v) is 3.87. The number of carbonyl (C=O) groups is 1. The second kappa shape index (κ2) is 6.38. The van der Waals surface area contributed by atoms with Crippen LogP contribution in [0.2, 0.25) is 5.02 Å². The molecular formula is C12H16BrClN2O. The van der Waals surface area contributed by atoms with E-state index in [1.54, 1.807) is 18.2 Å². The number of benzene rings is 1. The molecule has 0 saturated heterocycles. The van der Waals surface area contributed by atoms with Crippen molar-refractivity contribution in [3.05, 3.63) is 33.3 Å². The van der Waals surface area contributed by atoms with Crippen LogP contribution in [0.1, 0.15) is 24.2 Å². The number of hydrogen-bond acceptors (Lipinski definition) is 2. The normalized spacial score (nSPS) is 12.6. The van der Waals surface area contributed by atoms with Gasteiger partial charge in [0, 0.05) is 17.1 Å². The Morgan fingerprint density at radius 3 is 2.71 bits per heavy atom. The first-order valence-corrected chi connectivity index (χ1v) is 6.59. The molecule has 5 heteroatoms. The molecule has 3 N–H and O–H groups in total. The van der Waals surface area contributed by atoms with Crippen molar-refractivity contribution >= 4 is 33.4 Å². The fourth-order valence-corrected chi connectivity index (χ4v) is 2.00. The van der Waals surface area contributed by atoms with E-state index in [1.807, 2.05) is 13.8 Å². The number of halogens is 2. The summed E-state index contributed by atoms with van der Waals surface area (Å²) in [5.41, 5.74) is 6.07. The van der Waals surface area contributed by atoms with Gasteiger partial charge in [-0.05, 0) is 34.0 Å². The monoisotopic (exact) mass is 318 g/mol. The zero-order valence-electron chi connectivity index (χ0n) is 9.84. The molecule has 1 aromatic carbocycles. The van der Waals surface area contributed by atoms with Gasteiger partial charge in [-0.2, -0.15) is 0 Å². The average Bonchev–Trinajstić information content (AvgIpc) is 2.28. The van der Waals surface area contributed by atoms with Gasteiger partial charge in [-0.1, -0.05) is 31.5 Å². The smallest absolute Gasteiger partial charge is 0.253 e. The van der Waals surface area contributed by atoms with E-state index in [1.165, 1.54) is 0 Å². The van der Waals surface area contributed by atoms with Crippen molar-refractivity contribution < 1.29 is 4.79 Å². The summed E-state index contributed by atoms with van der Waals surface area (Å²) < 4.78 is 0.709. The fourth-order valence-electron chi connectivity index (χ4n) is 1.42. The summed E-state index contributed by atoms with van der Waals surface area (Å²) in [6, 6.07) is 5.22. The number of nitrogens with two attached hydrogens (primary N) is 1. The van der Waals surface area contributed by atoms with Gasteiger partial charge in [0.15, 0.2) is 0 Å². The fraction of sp³-hybridized carbons (Fsp3) is 0.417. The zero-order valence-corrected chi connectivity index (χ0v) is 12.2. The van der Waals surface area contributed by atoms with Gasteiger partial charge in [0.25, 0.3) is 5.91 Å². The maximum Gasteiger partial charge on any atom is 0.253 e. The van der Waals surface area contributed by atoms with Crippen LogP contribution in [0.4, 0.5) is 0 Å². The minimum atomic E-state index is -0.194. The van der Waals surface area contributed by atoms with Crippen molar-refractivity contribution in [1.29, 1.82) is 0 Å². The highest BCUT2D eigenvalue weighted by atomic mass is 79.9. The quantitative estimate of drug-likeness (QED) is 0.896. The van der Waals surface area contributed by atoms with Crippen molar-refractivity contribution in [2.75, 3.05) is 6.54 Å². The SMILES string of the molecule is CC(C)C(CN)NC(=O)c1cccc(Br)c1Cl. The van der Waals surface area contributed by atoms with E-state index in [0.29, 0.717) is 21.6 Å². The van der Waals surface area contributed by atoms with Gasteiger partial charge < -0.3 is 11.1 Å². The number of hydrogen-bond donors (Lipinski definition) is 2. The molecule has 0 aliphatic rings. The molecule has 0 spiro atoms. The number of nitrogens with one attached hydrogen (secondary N) is 1. The molecule has 1 atom stereocenters. The number of rotatable bonds is 4. The first-order chi connectivity index (χ1) is 7.97. The molecule has 94 valence electrons. The van der Waals surface area contributed by atoms with E-state index >= 15 is 0 Å². The Kier molecular flexibility index (Phi) is 5.43. The Hall–Kier alpha value is -0.580. The lowest BCUT2D eigenvalue weighted by Crippen LogP contribution is -2.43. The summed E-state index contributed by atoms with van der Waals surface area (Å²) in [5, 5.41) is 3.30. The highest BCUT2D eigenvalue weighted by Crippen LogP contribution is 2.26. The summed E-state index contributed by atoms with van der Waals surface area (Å²) in [7, 11) is 0. The van der Waals surface area contributed by atoms with Crippen LogP contribution >= 0.6 is 27.5 Å². The lowest BCUT2D eigenvalue weighted by molar-refractivity contribution is 0.0928. The van der Waals surface area contributed by atoms with E-state index in [2.05, 4.69) is 21.2 Å². The Morgan fingerprint density at radius 1 is 1.53 bits per heavy atom. The Bertz CT molecular complexity index is 409. The summed E-state index contributed by atoms with van der Waals surface area (Å²) in [6.07, 6.45) is 0. The van der Waals surface area contributed by atoms with Gasteiger partial charge in [0.2, 0.25) is 0 Å². The molecule has 0 heterocycles. The van der Waals surface area contributed by atoms with Crippen LogP contribution in [0.25, 0.3) is 0 Å². The maximum absolute atomic E-state index is 12.0. The Balaban J connectivity index is 2.86. The molecule has 1 amide bonds. The number of carbonyl (C=O) groups excluding carboxylic acids is 1. The summed E-state index contributed by atoms with van der Waals surface area (Å²) in [4.78, 5) is 12.0. The second-order valence-electron chi connectivity index (χ2n) is 4.16. The van der Waals surface area contributed by atoms with Gasteiger partial charge in [-0.15, -0.1) is 0 Å². The molecule has 1 aromatic rings. The van der Waals surface area contributed by atoms with Gasteiger partial charge in [0.1, 0.15) is 0 Å². The average molecular weight is 320 g/mol. The lowest BCUT2D eigenvalue weighted by atomic mass is 10.0. The van der Waals surface area contributed by atoms with Gasteiger partial charge in [0.05, 0.1) is 10.6 Å². The topological polar surface area (TPSA) is 55.1 Å². The Morgan fingerprint density at radius 2 is 2.18 bits per heavy atom. The van der Waals surface area contributed by atoms with Crippen LogP contribution in [0.15, 0.2) is 22.7 Å². The molecule has 3 nitrogen and oxygen atoms in total. The predicted molar refractivity (Wildman–Crippen MR) is 74.3 cm³/mol. The zero-order chi connectivity index (χ0) is 13.0. The molecule has 1 rings (SSSR count). The minimum absolute atomic E-state index is 0.0439. The first kappa shape index (κ1) is 14.5. The highest BCUT2D eigenvalue weighted by Gasteiger charge is 2.18. The van der Waals surface area contributed by atoms with Crippen molar-refractivity contribution in [3.63, 3.8) is 0 Å². The first-order valence-electron chi connectivity index (χ1n) is 5.42. The molecule has 0 aromatic heterocycles. The maximum atomic E-state index is 12.0. The van der Waals surface area contributed by atoms with Crippen LogP contribution in [-0.4, -0.2) is 18.5 Å². The largest absolute Gasteiger partial charge is 0.348 e. The highest BCUT2D eigenvalue weighted by molar-refractivity contribution is 9.10. The third-order valence-electron chi connectivity index (χ3n) is 2.57. The molecule has 0 bridgehead atoms. The van der Waals surface area contributed by atoms with Crippen LogP contribution in [0, 0.1) is 5.92 Å². The van der Waals surface area contributed by atoms with Crippen LogP contribution in [-0.2, 0) is 0 Å². The van der Waals surface area contributed by atoms with Gasteiger partial charge in [-0.25, -0.2) is 0 Å². The summed E-state index contributed by atoms with van der Waals surface area (Å²) in [5.74, 6) is 0.0929. The molecule has 0 saturated carbocycles. The summed E-state index contributed by atoms with van der Waals surface area (Å²) in [6.45, 7) is 4.44. The van der Waals surface area contributed by atoms with Crippen molar-refractivity contribution in [2.24, 2.45) is 11.7 Å². The lowest BCUT2D eigenvalue weighted by Gasteiger charge is -2.20. The van der Waals surface area contributed by atoms with E-state index in [9.17, 15) is 4.79 Å². The van der Waals surface area contributed by atoms with Gasteiger partial charge in [-0.3, -0.25) is 4.79 Å². The summed E-state index contributed by atoms with van der Waals surface area (Å²) >= 11 is 9.35. The molecule has 0 aliphatic heterocycles. The molecule has 17 heavy (non-hydrogen) atoms. The molecule has 1 unspecified atom stereocenters. The molecule has 0 fully saturated rings. The second-order valence-corrected chi connectivity index (χ2v) is 5.39. The molecular weight excluding hydrogens is 304 g/mol. The van der Waals surface area contributed by atoms with Crippen LogP contribution in [0.5, 0.6) is 0 Å². The van der Waals surface area contributed by atoms with E-state index in [4.69, 9.17) is 17.3 Å². The van der Waals surface area contributed by atoms with E-state index in [0.717, 1.165) is 0 Å². The number of amides is 1. The standard InChI is InChI=1S/C12H16BrClN2O/c1-7(2)10(6-15)16-12(17)8-4-3-5-9(13)11(8)14/h3-5,7,10H,6,15H2,1-2H3,(H,16,17). The molecule has 0 radical (unpaired) electrons. The van der Waals surface area contributed by atoms with E-state index in [-0.39, 0.29) is 17.9 Å². The minimum Gasteiger partial charge on any atom is -0.348 e. The van der Waals surface area contributed by atoms with Crippen LogP contribution in [0.3, 0.4) is 0 Å². The van der Waals surface area contributed by atoms with Crippen molar-refractivity contribution in [2.45, 2.75) is 19.9 Å². The van der Waals surface area contributed by atoms with Crippen molar-refractivity contribution in [3.8, 4) is 0 Å². The van der Waals surface area contributed by atoms with E-state index < -0.39 is 0 Å².